The normalized spacial score (nSPS) is 10.6. The van der Waals surface area contributed by atoms with Gasteiger partial charge in [-0.15, -0.1) is 0 Å². The minimum atomic E-state index is -0.159. The predicted octanol–water partition coefficient (Wildman–Crippen LogP) is 2.47. The summed E-state index contributed by atoms with van der Waals surface area (Å²) in [6.45, 7) is 4.02. The number of nitrogens with two attached hydrogens (primary N) is 1. The lowest BCUT2D eigenvalue weighted by Gasteiger charge is -2.09. The van der Waals surface area contributed by atoms with Crippen molar-refractivity contribution in [1.82, 2.24) is 9.97 Å². The fraction of sp³-hybridized carbons (Fsp3) is 0.267. The van der Waals surface area contributed by atoms with E-state index in [1.54, 1.807) is 0 Å². The average molecular weight is 302 g/mol. The van der Waals surface area contributed by atoms with Crippen LogP contribution >= 0.6 is 11.8 Å². The van der Waals surface area contributed by atoms with Crippen LogP contribution in [0.4, 0.5) is 0 Å². The molecule has 1 aromatic heterocycles. The third kappa shape index (κ3) is 3.95. The Balaban J connectivity index is 2.40. The molecule has 0 bridgehead atoms. The number of nitrogens with zero attached hydrogens (tertiary/aromatic N) is 1. The monoisotopic (exact) mass is 302 g/mol. The van der Waals surface area contributed by atoms with E-state index in [-0.39, 0.29) is 11.4 Å². The minimum Gasteiger partial charge on any atom is -0.384 e. The van der Waals surface area contributed by atoms with Crippen molar-refractivity contribution in [3.63, 3.8) is 0 Å². The van der Waals surface area contributed by atoms with E-state index in [0.717, 1.165) is 29.0 Å². The maximum atomic E-state index is 11.7. The first-order valence-corrected chi connectivity index (χ1v) is 7.54. The molecule has 2 rings (SSSR count). The van der Waals surface area contributed by atoms with Crippen LogP contribution < -0.4 is 11.3 Å². The number of nitrogen functional groups attached to an aromatic ring is 1. The Morgan fingerprint density at radius 2 is 2.19 bits per heavy atom. The van der Waals surface area contributed by atoms with Crippen molar-refractivity contribution in [2.45, 2.75) is 36.7 Å². The predicted molar refractivity (Wildman–Crippen MR) is 85.2 cm³/mol. The number of aryl methyl sites for hydroxylation is 2. The van der Waals surface area contributed by atoms with Crippen LogP contribution in [0.2, 0.25) is 0 Å². The van der Waals surface area contributed by atoms with Crippen molar-refractivity contribution < 1.29 is 0 Å². The second-order valence-electron chi connectivity index (χ2n) is 4.81. The molecule has 0 aliphatic rings. The zero-order valence-electron chi connectivity index (χ0n) is 12.1. The van der Waals surface area contributed by atoms with Gasteiger partial charge in [0.2, 0.25) is 0 Å². The maximum absolute atomic E-state index is 11.7. The van der Waals surface area contributed by atoms with Gasteiger partial charge in [0.15, 0.2) is 5.16 Å². The first kappa shape index (κ1) is 15.3. The SMILES string of the molecule is CCCc1cc(=O)[nH]c(Sc2cc(C)ccc2C(=N)N)n1. The van der Waals surface area contributed by atoms with Gasteiger partial charge in [-0.25, -0.2) is 4.98 Å². The Kier molecular flexibility index (Phi) is 4.80. The van der Waals surface area contributed by atoms with E-state index in [1.807, 2.05) is 32.0 Å². The molecule has 1 aromatic carbocycles. The van der Waals surface area contributed by atoms with Gasteiger partial charge in [0.25, 0.3) is 5.56 Å². The van der Waals surface area contributed by atoms with Crippen LogP contribution in [-0.2, 0) is 6.42 Å². The number of aromatic amines is 1. The van der Waals surface area contributed by atoms with Crippen LogP contribution in [0.1, 0.15) is 30.2 Å². The highest BCUT2D eigenvalue weighted by molar-refractivity contribution is 7.99. The highest BCUT2D eigenvalue weighted by Crippen LogP contribution is 2.28. The third-order valence-electron chi connectivity index (χ3n) is 2.91. The van der Waals surface area contributed by atoms with E-state index in [1.165, 1.54) is 17.8 Å². The molecule has 6 heteroatoms. The molecule has 0 aliphatic carbocycles. The topological polar surface area (TPSA) is 95.6 Å². The number of hydrogen-bond acceptors (Lipinski definition) is 4. The largest absolute Gasteiger partial charge is 0.384 e. The van der Waals surface area contributed by atoms with Gasteiger partial charge in [-0.2, -0.15) is 0 Å². The molecule has 0 radical (unpaired) electrons. The Hall–Kier alpha value is -2.08. The highest BCUT2D eigenvalue weighted by atomic mass is 32.2. The van der Waals surface area contributed by atoms with Gasteiger partial charge in [0.05, 0.1) is 0 Å². The number of hydrogen-bond donors (Lipinski definition) is 3. The minimum absolute atomic E-state index is 0.00422. The fourth-order valence-electron chi connectivity index (χ4n) is 1.96. The highest BCUT2D eigenvalue weighted by Gasteiger charge is 2.10. The molecule has 5 nitrogen and oxygen atoms in total. The number of rotatable bonds is 5. The summed E-state index contributed by atoms with van der Waals surface area (Å²) in [5.74, 6) is 0.00422. The number of amidine groups is 1. The summed E-state index contributed by atoms with van der Waals surface area (Å²) in [5.41, 5.74) is 7.93. The molecule has 0 aliphatic heterocycles. The Labute approximate surface area is 127 Å². The molecular formula is C15H18N4OS. The Bertz CT molecular complexity index is 724. The van der Waals surface area contributed by atoms with Gasteiger partial charge < -0.3 is 10.7 Å². The van der Waals surface area contributed by atoms with Crippen molar-refractivity contribution in [2.24, 2.45) is 5.73 Å². The van der Waals surface area contributed by atoms with Crippen LogP contribution in [0.5, 0.6) is 0 Å². The van der Waals surface area contributed by atoms with E-state index in [4.69, 9.17) is 11.1 Å². The summed E-state index contributed by atoms with van der Waals surface area (Å²) in [4.78, 5) is 19.7. The number of H-pyrrole nitrogens is 1. The Morgan fingerprint density at radius 1 is 1.43 bits per heavy atom. The van der Waals surface area contributed by atoms with E-state index >= 15 is 0 Å². The van der Waals surface area contributed by atoms with Crippen LogP contribution in [-0.4, -0.2) is 15.8 Å². The van der Waals surface area contributed by atoms with Crippen molar-refractivity contribution in [3.8, 4) is 0 Å². The van der Waals surface area contributed by atoms with Crippen LogP contribution in [0.25, 0.3) is 0 Å². The summed E-state index contributed by atoms with van der Waals surface area (Å²) in [5, 5.41) is 8.16. The van der Waals surface area contributed by atoms with E-state index < -0.39 is 0 Å². The van der Waals surface area contributed by atoms with E-state index in [0.29, 0.717) is 10.7 Å². The first-order chi connectivity index (χ1) is 9.99. The molecule has 0 unspecified atom stereocenters. The molecule has 2 aromatic rings. The number of benzene rings is 1. The molecule has 0 fully saturated rings. The second kappa shape index (κ2) is 6.58. The molecule has 0 amide bonds. The third-order valence-corrected chi connectivity index (χ3v) is 3.86. The first-order valence-electron chi connectivity index (χ1n) is 6.72. The molecule has 1 heterocycles. The van der Waals surface area contributed by atoms with Gasteiger partial charge in [-0.3, -0.25) is 10.2 Å². The molecule has 21 heavy (non-hydrogen) atoms. The molecule has 4 N–H and O–H groups in total. The van der Waals surface area contributed by atoms with Gasteiger partial charge in [0, 0.05) is 22.2 Å². The zero-order valence-corrected chi connectivity index (χ0v) is 12.9. The van der Waals surface area contributed by atoms with E-state index in [9.17, 15) is 4.79 Å². The molecule has 0 atom stereocenters. The molecule has 0 spiro atoms. The average Bonchev–Trinajstić information content (AvgIpc) is 2.38. The lowest BCUT2D eigenvalue weighted by molar-refractivity contribution is 0.816. The van der Waals surface area contributed by atoms with Crippen LogP contribution in [0.15, 0.2) is 39.1 Å². The summed E-state index contributed by atoms with van der Waals surface area (Å²) >= 11 is 1.32. The lowest BCUT2D eigenvalue weighted by atomic mass is 10.1. The molecule has 0 saturated heterocycles. The van der Waals surface area contributed by atoms with Crippen LogP contribution in [0.3, 0.4) is 0 Å². The second-order valence-corrected chi connectivity index (χ2v) is 5.84. The van der Waals surface area contributed by atoms with E-state index in [2.05, 4.69) is 9.97 Å². The van der Waals surface area contributed by atoms with Crippen molar-refractivity contribution in [1.29, 1.82) is 5.41 Å². The van der Waals surface area contributed by atoms with Gasteiger partial charge in [-0.1, -0.05) is 31.2 Å². The summed E-state index contributed by atoms with van der Waals surface area (Å²) in [6.07, 6.45) is 1.70. The summed E-state index contributed by atoms with van der Waals surface area (Å²) < 4.78 is 0. The van der Waals surface area contributed by atoms with Crippen molar-refractivity contribution in [2.75, 3.05) is 0 Å². The lowest BCUT2D eigenvalue weighted by Crippen LogP contribution is -2.13. The maximum Gasteiger partial charge on any atom is 0.251 e. The fourth-order valence-corrected chi connectivity index (χ4v) is 3.01. The standard InChI is InChI=1S/C15H18N4OS/c1-3-4-10-8-13(20)19-15(18-10)21-12-7-9(2)5-6-11(12)14(16)17/h5-8H,3-4H2,1-2H3,(H3,16,17)(H,18,19,20). The van der Waals surface area contributed by atoms with Gasteiger partial charge >= 0.3 is 0 Å². The molecule has 0 saturated carbocycles. The smallest absolute Gasteiger partial charge is 0.251 e. The van der Waals surface area contributed by atoms with Crippen LogP contribution in [0, 0.1) is 12.3 Å². The quantitative estimate of drug-likeness (QED) is 0.449. The zero-order chi connectivity index (χ0) is 15.4. The number of nitrogens with one attached hydrogen (secondary N) is 2. The number of aromatic nitrogens is 2. The Morgan fingerprint density at radius 3 is 2.86 bits per heavy atom. The summed E-state index contributed by atoms with van der Waals surface area (Å²) in [7, 11) is 0. The molecular weight excluding hydrogens is 284 g/mol. The van der Waals surface area contributed by atoms with Crippen molar-refractivity contribution in [3.05, 3.63) is 51.4 Å². The van der Waals surface area contributed by atoms with Gasteiger partial charge in [0.1, 0.15) is 5.84 Å². The van der Waals surface area contributed by atoms with Crippen molar-refractivity contribution >= 4 is 17.6 Å². The van der Waals surface area contributed by atoms with Gasteiger partial charge in [-0.05, 0) is 31.0 Å². The molecule has 110 valence electrons. The summed E-state index contributed by atoms with van der Waals surface area (Å²) in [6, 6.07) is 7.18.